The first-order valence-corrected chi connectivity index (χ1v) is 17.6. The lowest BCUT2D eigenvalue weighted by atomic mass is 9.85. The Balaban J connectivity index is 1.25. The molecule has 11 heteroatoms. The van der Waals surface area contributed by atoms with Crippen molar-refractivity contribution in [2.75, 3.05) is 64.6 Å². The van der Waals surface area contributed by atoms with Crippen LogP contribution in [0.5, 0.6) is 17.2 Å². The average molecular weight is 696 g/mol. The molecule has 4 atom stereocenters. The number of esters is 1. The Labute approximate surface area is 295 Å². The van der Waals surface area contributed by atoms with Gasteiger partial charge in [0.25, 0.3) is 0 Å². The van der Waals surface area contributed by atoms with Crippen molar-refractivity contribution in [1.29, 1.82) is 0 Å². The summed E-state index contributed by atoms with van der Waals surface area (Å²) in [5, 5.41) is 4.01. The van der Waals surface area contributed by atoms with Crippen LogP contribution in [0.1, 0.15) is 43.7 Å². The molecule has 3 aromatic carbocycles. The number of hydrogen-bond acceptors (Lipinski definition) is 10. The highest BCUT2D eigenvalue weighted by molar-refractivity contribution is 6.32. The maximum Gasteiger partial charge on any atom is 0.323 e. The molecule has 0 radical (unpaired) electrons. The lowest BCUT2D eigenvalue weighted by molar-refractivity contribution is -0.157. The summed E-state index contributed by atoms with van der Waals surface area (Å²) < 4.78 is 35.7. The molecule has 3 aromatic rings. The van der Waals surface area contributed by atoms with E-state index >= 15 is 0 Å². The van der Waals surface area contributed by atoms with Crippen molar-refractivity contribution in [3.8, 4) is 17.2 Å². The number of carbonyl (C=O) groups is 1. The first-order valence-electron chi connectivity index (χ1n) is 17.2. The summed E-state index contributed by atoms with van der Waals surface area (Å²) in [5.74, 6) is 1.63. The average Bonchev–Trinajstić information content (AvgIpc) is 3.11. The lowest BCUT2D eigenvalue weighted by Crippen LogP contribution is -2.52. The van der Waals surface area contributed by atoms with E-state index in [1.807, 2.05) is 68.4 Å². The maximum atomic E-state index is 13.0. The number of nitrogens with one attached hydrogen (secondary N) is 1. The van der Waals surface area contributed by atoms with E-state index in [2.05, 4.69) is 16.3 Å². The quantitative estimate of drug-likeness (QED) is 0.137. The molecule has 0 amide bonds. The summed E-state index contributed by atoms with van der Waals surface area (Å²) in [4.78, 5) is 15.4. The number of para-hydroxylation sites is 1. The summed E-state index contributed by atoms with van der Waals surface area (Å²) in [6, 6.07) is 20.9. The van der Waals surface area contributed by atoms with E-state index in [-0.39, 0.29) is 17.9 Å². The Morgan fingerprint density at radius 3 is 2.55 bits per heavy atom. The van der Waals surface area contributed by atoms with E-state index in [1.165, 1.54) is 0 Å². The van der Waals surface area contributed by atoms with Crippen molar-refractivity contribution < 1.29 is 33.2 Å². The number of carbonyl (C=O) groups excluding carboxylic acids is 1. The molecular weight excluding hydrogens is 646 g/mol. The molecule has 0 unspecified atom stereocenters. The van der Waals surface area contributed by atoms with Gasteiger partial charge in [0.1, 0.15) is 36.0 Å². The normalized spacial score (nSPS) is 19.6. The van der Waals surface area contributed by atoms with Gasteiger partial charge in [0.05, 0.1) is 43.2 Å². The number of hydrogen-bond donors (Lipinski definition) is 2. The second kappa shape index (κ2) is 18.5. The van der Waals surface area contributed by atoms with Gasteiger partial charge in [-0.25, -0.2) is 0 Å². The Morgan fingerprint density at radius 1 is 1.00 bits per heavy atom. The smallest absolute Gasteiger partial charge is 0.323 e. The summed E-state index contributed by atoms with van der Waals surface area (Å²) in [7, 11) is 1.73. The van der Waals surface area contributed by atoms with E-state index in [4.69, 9.17) is 45.8 Å². The number of nitrogens with zero attached hydrogens (tertiary/aromatic N) is 1. The molecule has 49 heavy (non-hydrogen) atoms. The van der Waals surface area contributed by atoms with E-state index in [1.54, 1.807) is 13.2 Å². The Morgan fingerprint density at radius 2 is 1.78 bits per heavy atom. The molecule has 1 fully saturated rings. The molecule has 2 heterocycles. The van der Waals surface area contributed by atoms with E-state index < -0.39 is 18.1 Å². The van der Waals surface area contributed by atoms with Crippen molar-refractivity contribution in [2.45, 2.75) is 57.5 Å². The molecule has 0 aromatic heterocycles. The molecule has 3 N–H and O–H groups in total. The highest BCUT2D eigenvalue weighted by Crippen LogP contribution is 2.35. The highest BCUT2D eigenvalue weighted by atomic mass is 35.5. The second-order valence-electron chi connectivity index (χ2n) is 12.8. The summed E-state index contributed by atoms with van der Waals surface area (Å²) in [5.41, 5.74) is 9.30. The molecule has 266 valence electrons. The van der Waals surface area contributed by atoms with Gasteiger partial charge in [-0.2, -0.15) is 0 Å². The van der Waals surface area contributed by atoms with Crippen LogP contribution in [0.15, 0.2) is 66.7 Å². The number of rotatable bonds is 17. The summed E-state index contributed by atoms with van der Waals surface area (Å²) >= 11 is 6.18. The number of anilines is 1. The van der Waals surface area contributed by atoms with E-state index in [0.29, 0.717) is 63.3 Å². The minimum absolute atomic E-state index is 0.0388. The highest BCUT2D eigenvalue weighted by Gasteiger charge is 2.39. The number of methoxy groups -OCH3 is 1. The number of piperidine rings is 1. The zero-order chi connectivity index (χ0) is 34.6. The Hall–Kier alpha value is -3.54. The van der Waals surface area contributed by atoms with Gasteiger partial charge in [0, 0.05) is 45.7 Å². The van der Waals surface area contributed by atoms with E-state index in [0.717, 1.165) is 47.8 Å². The molecule has 0 saturated carbocycles. The van der Waals surface area contributed by atoms with Crippen molar-refractivity contribution in [1.82, 2.24) is 5.32 Å². The number of benzene rings is 3. The van der Waals surface area contributed by atoms with Gasteiger partial charge >= 0.3 is 5.97 Å². The first-order chi connectivity index (χ1) is 23.8. The van der Waals surface area contributed by atoms with Crippen LogP contribution >= 0.6 is 11.6 Å². The molecule has 0 bridgehead atoms. The first kappa shape index (κ1) is 36.7. The standard InChI is InChI=1S/C38H50ClN3O7/c1-26(2)37(40)38(43)49-35-24-41-23-34(48-25-27-10-15-33-31(22-27)42(17-21-47-33)16-6-18-44-3)36(35)28-11-13-29(14-12-28)45-19-7-20-46-32-9-5-4-8-30(32)39/h4-5,8-15,22,26,34-37,41H,6-7,16-21,23-25,40H2,1-3H3/t34-,35+,36+,37-/m0/s1. The third-order valence-corrected chi connectivity index (χ3v) is 9.20. The van der Waals surface area contributed by atoms with Crippen LogP contribution in [0.4, 0.5) is 5.69 Å². The van der Waals surface area contributed by atoms with Crippen LogP contribution in [-0.2, 0) is 25.6 Å². The maximum absolute atomic E-state index is 13.0. The number of nitrogens with two attached hydrogens (primary N) is 1. The Kier molecular flexibility index (Phi) is 13.8. The fraction of sp³-hybridized carbons (Fsp3) is 0.500. The fourth-order valence-corrected chi connectivity index (χ4v) is 6.28. The van der Waals surface area contributed by atoms with Crippen LogP contribution in [0.2, 0.25) is 5.02 Å². The molecule has 0 aliphatic carbocycles. The van der Waals surface area contributed by atoms with Gasteiger partial charge < -0.3 is 44.4 Å². The fourth-order valence-electron chi connectivity index (χ4n) is 6.09. The van der Waals surface area contributed by atoms with Crippen LogP contribution in [-0.4, -0.2) is 83.9 Å². The molecular formula is C38H50ClN3O7. The third-order valence-electron chi connectivity index (χ3n) is 8.89. The van der Waals surface area contributed by atoms with Crippen molar-refractivity contribution in [3.63, 3.8) is 0 Å². The van der Waals surface area contributed by atoms with Crippen molar-refractivity contribution >= 4 is 23.3 Å². The predicted octanol–water partition coefficient (Wildman–Crippen LogP) is 5.59. The number of halogens is 1. The largest absolute Gasteiger partial charge is 0.493 e. The SMILES string of the molecule is COCCCN1CCOc2ccc(CO[C@H]3CNC[C@@H](OC(=O)[C@@H](N)C(C)C)[C@@H]3c3ccc(OCCCOc4ccccc4Cl)cc3)cc21. The molecule has 10 nitrogen and oxygen atoms in total. The molecule has 2 aliphatic heterocycles. The molecule has 1 saturated heterocycles. The van der Waals surface area contributed by atoms with Gasteiger partial charge in [-0.15, -0.1) is 0 Å². The van der Waals surface area contributed by atoms with Gasteiger partial charge in [0.15, 0.2) is 0 Å². The summed E-state index contributed by atoms with van der Waals surface area (Å²) in [6.45, 7) is 9.41. The predicted molar refractivity (Wildman–Crippen MR) is 191 cm³/mol. The zero-order valence-electron chi connectivity index (χ0n) is 28.8. The van der Waals surface area contributed by atoms with Gasteiger partial charge in [-0.3, -0.25) is 4.79 Å². The lowest BCUT2D eigenvalue weighted by Gasteiger charge is -2.39. The zero-order valence-corrected chi connectivity index (χ0v) is 29.5. The molecule has 0 spiro atoms. The minimum Gasteiger partial charge on any atom is -0.493 e. The van der Waals surface area contributed by atoms with Crippen LogP contribution < -0.4 is 30.2 Å². The van der Waals surface area contributed by atoms with Crippen LogP contribution in [0.3, 0.4) is 0 Å². The Bertz CT molecular complexity index is 1470. The van der Waals surface area contributed by atoms with E-state index in [9.17, 15) is 4.79 Å². The van der Waals surface area contributed by atoms with Gasteiger partial charge in [0.2, 0.25) is 0 Å². The van der Waals surface area contributed by atoms with Gasteiger partial charge in [-0.1, -0.05) is 55.8 Å². The number of ether oxygens (including phenoxy) is 6. The topological polar surface area (TPSA) is 114 Å². The summed E-state index contributed by atoms with van der Waals surface area (Å²) in [6.07, 6.45) is 0.915. The van der Waals surface area contributed by atoms with Gasteiger partial charge in [-0.05, 0) is 59.9 Å². The van der Waals surface area contributed by atoms with Crippen molar-refractivity contribution in [2.24, 2.45) is 11.7 Å². The third kappa shape index (κ3) is 10.2. The monoisotopic (exact) mass is 695 g/mol. The van der Waals surface area contributed by atoms with Crippen molar-refractivity contribution in [3.05, 3.63) is 82.9 Å². The minimum atomic E-state index is -0.704. The molecule has 2 aliphatic rings. The second-order valence-corrected chi connectivity index (χ2v) is 13.2. The van der Waals surface area contributed by atoms with Crippen LogP contribution in [0, 0.1) is 5.92 Å². The number of fused-ring (bicyclic) bond motifs is 1. The van der Waals surface area contributed by atoms with Crippen LogP contribution in [0.25, 0.3) is 0 Å². The molecule has 5 rings (SSSR count).